The summed E-state index contributed by atoms with van der Waals surface area (Å²) in [5.74, 6) is 1.46. The van der Waals surface area contributed by atoms with Gasteiger partial charge >= 0.3 is 0 Å². The van der Waals surface area contributed by atoms with Crippen LogP contribution in [0.5, 0.6) is 0 Å². The van der Waals surface area contributed by atoms with Crippen molar-refractivity contribution in [3.05, 3.63) is 29.0 Å². The van der Waals surface area contributed by atoms with Crippen LogP contribution < -0.4 is 0 Å². The lowest BCUT2D eigenvalue weighted by atomic mass is 10.2. The van der Waals surface area contributed by atoms with E-state index in [1.165, 1.54) is 4.90 Å². The predicted molar refractivity (Wildman–Crippen MR) is 79.5 cm³/mol. The van der Waals surface area contributed by atoms with E-state index in [0.717, 1.165) is 17.9 Å². The van der Waals surface area contributed by atoms with Crippen LogP contribution in [-0.4, -0.2) is 21.0 Å². The molecule has 1 aromatic carbocycles. The number of H-pyrrole nitrogens is 1. The van der Waals surface area contributed by atoms with Crippen molar-refractivity contribution in [3.63, 3.8) is 0 Å². The van der Waals surface area contributed by atoms with Gasteiger partial charge in [-0.25, -0.2) is 0 Å². The Balaban J connectivity index is 2.40. The van der Waals surface area contributed by atoms with E-state index in [9.17, 15) is 0 Å². The van der Waals surface area contributed by atoms with Gasteiger partial charge in [-0.1, -0.05) is 26.0 Å². The van der Waals surface area contributed by atoms with E-state index in [4.69, 9.17) is 12.2 Å². The van der Waals surface area contributed by atoms with Crippen LogP contribution in [0.1, 0.15) is 13.8 Å². The monoisotopic (exact) mass is 279 g/mol. The zero-order chi connectivity index (χ0) is 13.1. The third-order valence-corrected chi connectivity index (χ3v) is 3.71. The van der Waals surface area contributed by atoms with E-state index in [-0.39, 0.29) is 0 Å². The highest BCUT2D eigenvalue weighted by Gasteiger charge is 2.09. The van der Waals surface area contributed by atoms with E-state index in [0.29, 0.717) is 10.7 Å². The minimum Gasteiger partial charge on any atom is -0.300 e. The second kappa shape index (κ2) is 5.71. The summed E-state index contributed by atoms with van der Waals surface area (Å²) in [5.41, 5.74) is 1.10. The molecule has 0 atom stereocenters. The topological polar surface area (TPSA) is 33.6 Å². The van der Waals surface area contributed by atoms with Gasteiger partial charge in [-0.2, -0.15) is 5.10 Å². The molecule has 0 fully saturated rings. The Kier molecular flexibility index (Phi) is 4.24. The predicted octanol–water partition coefficient (Wildman–Crippen LogP) is 3.99. The smallest absolute Gasteiger partial charge is 0.195 e. The Hall–Kier alpha value is -1.07. The summed E-state index contributed by atoms with van der Waals surface area (Å²) in [5, 5.41) is 7.21. The SMILES string of the molecule is CSc1ccc(-c2n[nH]c(=S)n2CC(C)C)cc1. The molecule has 0 spiro atoms. The molecule has 0 amide bonds. The number of nitrogens with one attached hydrogen (secondary N) is 1. The van der Waals surface area contributed by atoms with Crippen molar-refractivity contribution >= 4 is 24.0 Å². The summed E-state index contributed by atoms with van der Waals surface area (Å²) in [6.07, 6.45) is 2.07. The number of thioether (sulfide) groups is 1. The summed E-state index contributed by atoms with van der Waals surface area (Å²) < 4.78 is 2.75. The van der Waals surface area contributed by atoms with Crippen LogP contribution in [0.25, 0.3) is 11.4 Å². The van der Waals surface area contributed by atoms with Crippen molar-refractivity contribution in [3.8, 4) is 11.4 Å². The summed E-state index contributed by atoms with van der Waals surface area (Å²) in [6, 6.07) is 8.40. The Morgan fingerprint density at radius 2 is 2.00 bits per heavy atom. The summed E-state index contributed by atoms with van der Waals surface area (Å²) >= 11 is 7.02. The van der Waals surface area contributed by atoms with E-state index in [1.807, 2.05) is 0 Å². The molecule has 2 aromatic rings. The van der Waals surface area contributed by atoms with Crippen LogP contribution in [0, 0.1) is 10.7 Å². The first kappa shape index (κ1) is 13.4. The van der Waals surface area contributed by atoms with Crippen molar-refractivity contribution in [2.75, 3.05) is 6.26 Å². The van der Waals surface area contributed by atoms with Gasteiger partial charge in [0.25, 0.3) is 0 Å². The number of rotatable bonds is 4. The first-order chi connectivity index (χ1) is 8.61. The third-order valence-electron chi connectivity index (χ3n) is 2.65. The number of aromatic amines is 1. The van der Waals surface area contributed by atoms with Gasteiger partial charge < -0.3 is 0 Å². The van der Waals surface area contributed by atoms with E-state index in [2.05, 4.69) is 59.1 Å². The molecule has 18 heavy (non-hydrogen) atoms. The molecule has 0 aliphatic heterocycles. The minimum absolute atomic E-state index is 0.540. The molecular formula is C13H17N3S2. The molecule has 1 aromatic heterocycles. The van der Waals surface area contributed by atoms with Gasteiger partial charge in [-0.05, 0) is 36.5 Å². The molecule has 0 aliphatic carbocycles. The van der Waals surface area contributed by atoms with Crippen molar-refractivity contribution < 1.29 is 0 Å². The lowest BCUT2D eigenvalue weighted by Crippen LogP contribution is -2.06. The number of nitrogens with zero attached hydrogens (tertiary/aromatic N) is 2. The zero-order valence-corrected chi connectivity index (χ0v) is 12.4. The summed E-state index contributed by atoms with van der Waals surface area (Å²) in [6.45, 7) is 5.24. The van der Waals surface area contributed by atoms with Crippen LogP contribution >= 0.6 is 24.0 Å². The lowest BCUT2D eigenvalue weighted by Gasteiger charge is -2.09. The van der Waals surface area contributed by atoms with Crippen LogP contribution in [0.15, 0.2) is 29.2 Å². The molecule has 0 aliphatic rings. The van der Waals surface area contributed by atoms with Crippen LogP contribution in [0.3, 0.4) is 0 Å². The normalized spacial score (nSPS) is 11.1. The van der Waals surface area contributed by atoms with E-state index >= 15 is 0 Å². The quantitative estimate of drug-likeness (QED) is 0.679. The van der Waals surface area contributed by atoms with Crippen LogP contribution in [-0.2, 0) is 6.54 Å². The Morgan fingerprint density at radius 3 is 2.56 bits per heavy atom. The fourth-order valence-corrected chi connectivity index (χ4v) is 2.43. The first-order valence-electron chi connectivity index (χ1n) is 5.91. The molecule has 5 heteroatoms. The number of benzene rings is 1. The van der Waals surface area contributed by atoms with Gasteiger partial charge in [-0.3, -0.25) is 9.67 Å². The highest BCUT2D eigenvalue weighted by Crippen LogP contribution is 2.22. The maximum atomic E-state index is 5.28. The highest BCUT2D eigenvalue weighted by atomic mass is 32.2. The first-order valence-corrected chi connectivity index (χ1v) is 7.54. The molecule has 0 radical (unpaired) electrons. The zero-order valence-electron chi connectivity index (χ0n) is 10.8. The molecule has 1 N–H and O–H groups in total. The van der Waals surface area contributed by atoms with Crippen molar-refractivity contribution in [2.45, 2.75) is 25.3 Å². The van der Waals surface area contributed by atoms with Crippen molar-refractivity contribution in [1.82, 2.24) is 14.8 Å². The summed E-state index contributed by atoms with van der Waals surface area (Å²) in [7, 11) is 0. The van der Waals surface area contributed by atoms with Gasteiger partial charge in [0, 0.05) is 17.0 Å². The van der Waals surface area contributed by atoms with Gasteiger partial charge in [0.1, 0.15) is 0 Å². The minimum atomic E-state index is 0.540. The Bertz CT molecular complexity index is 567. The molecule has 0 bridgehead atoms. The van der Waals surface area contributed by atoms with Gasteiger partial charge in [0.05, 0.1) is 0 Å². The molecule has 2 rings (SSSR count). The molecule has 0 saturated carbocycles. The van der Waals surface area contributed by atoms with Gasteiger partial charge in [-0.15, -0.1) is 11.8 Å². The standard InChI is InChI=1S/C13H17N3S2/c1-9(2)8-16-12(14-15-13(16)17)10-4-6-11(18-3)7-5-10/h4-7,9H,8H2,1-3H3,(H,15,17). The maximum Gasteiger partial charge on any atom is 0.195 e. The molecule has 0 unspecified atom stereocenters. The fraction of sp³-hybridized carbons (Fsp3) is 0.385. The highest BCUT2D eigenvalue weighted by molar-refractivity contribution is 7.98. The Morgan fingerprint density at radius 1 is 1.33 bits per heavy atom. The lowest BCUT2D eigenvalue weighted by molar-refractivity contribution is 0.521. The number of hydrogen-bond donors (Lipinski definition) is 1. The largest absolute Gasteiger partial charge is 0.300 e. The average Bonchev–Trinajstić information content (AvgIpc) is 2.71. The Labute approximate surface area is 117 Å². The molecular weight excluding hydrogens is 262 g/mol. The second-order valence-corrected chi connectivity index (χ2v) is 5.85. The van der Waals surface area contributed by atoms with Gasteiger partial charge in [0.15, 0.2) is 10.6 Å². The molecule has 1 heterocycles. The van der Waals surface area contributed by atoms with Crippen molar-refractivity contribution in [1.29, 1.82) is 0 Å². The summed E-state index contributed by atoms with van der Waals surface area (Å²) in [4.78, 5) is 1.25. The van der Waals surface area contributed by atoms with Crippen molar-refractivity contribution in [2.24, 2.45) is 5.92 Å². The average molecular weight is 279 g/mol. The molecule has 0 saturated heterocycles. The second-order valence-electron chi connectivity index (χ2n) is 4.59. The number of hydrogen-bond acceptors (Lipinski definition) is 3. The molecule has 96 valence electrons. The van der Waals surface area contributed by atoms with E-state index in [1.54, 1.807) is 11.8 Å². The third kappa shape index (κ3) is 2.84. The van der Waals surface area contributed by atoms with Crippen LogP contribution in [0.2, 0.25) is 0 Å². The van der Waals surface area contributed by atoms with Gasteiger partial charge in [0.2, 0.25) is 0 Å². The maximum absolute atomic E-state index is 5.28. The number of aromatic nitrogens is 3. The van der Waals surface area contributed by atoms with E-state index < -0.39 is 0 Å². The molecule has 3 nitrogen and oxygen atoms in total. The fourth-order valence-electron chi connectivity index (χ4n) is 1.81. The van der Waals surface area contributed by atoms with Crippen LogP contribution in [0.4, 0.5) is 0 Å².